The molecule has 1 unspecified atom stereocenters. The number of hydrogen-bond acceptors (Lipinski definition) is 2. The van der Waals surface area contributed by atoms with Gasteiger partial charge in [-0.25, -0.2) is 4.39 Å². The second-order valence-electron chi connectivity index (χ2n) is 5.12. The molecule has 1 N–H and O–H groups in total. The molecule has 0 aromatic heterocycles. The van der Waals surface area contributed by atoms with Crippen molar-refractivity contribution in [2.24, 2.45) is 0 Å². The Morgan fingerprint density at radius 2 is 2.00 bits per heavy atom. The van der Waals surface area contributed by atoms with Gasteiger partial charge in [-0.05, 0) is 55.3 Å². The Balaban J connectivity index is 1.93. The summed E-state index contributed by atoms with van der Waals surface area (Å²) in [7, 11) is 0. The molecule has 0 spiro atoms. The van der Waals surface area contributed by atoms with E-state index in [1.165, 1.54) is 18.2 Å². The Labute approximate surface area is 135 Å². The molecule has 0 heterocycles. The number of rotatable bonds is 6. The van der Waals surface area contributed by atoms with Crippen molar-refractivity contribution in [1.29, 1.82) is 0 Å². The Morgan fingerprint density at radius 1 is 1.26 bits per heavy atom. The average Bonchev–Trinajstić information content (AvgIpc) is 2.54. The van der Waals surface area contributed by atoms with Crippen molar-refractivity contribution < 1.29 is 13.9 Å². The van der Waals surface area contributed by atoms with Gasteiger partial charge in [-0.15, -0.1) is 0 Å². The highest BCUT2D eigenvalue weighted by atomic mass is 19.1. The quantitative estimate of drug-likeness (QED) is 0.815. The van der Waals surface area contributed by atoms with Gasteiger partial charge in [0.1, 0.15) is 11.6 Å². The predicted octanol–water partition coefficient (Wildman–Crippen LogP) is 4.12. The topological polar surface area (TPSA) is 38.3 Å². The zero-order valence-corrected chi connectivity index (χ0v) is 13.3. The SMILES string of the molecule is CCOc1ccc(C(C)NC(=O)/C=C/c2cccc(F)c2)cc1. The summed E-state index contributed by atoms with van der Waals surface area (Å²) in [5.41, 5.74) is 1.63. The first-order valence-electron chi connectivity index (χ1n) is 7.55. The molecule has 0 radical (unpaired) electrons. The zero-order valence-electron chi connectivity index (χ0n) is 13.3. The third-order valence-electron chi connectivity index (χ3n) is 3.33. The minimum absolute atomic E-state index is 0.129. The molecule has 2 aromatic rings. The molecule has 23 heavy (non-hydrogen) atoms. The van der Waals surface area contributed by atoms with E-state index in [4.69, 9.17) is 4.74 Å². The average molecular weight is 313 g/mol. The van der Waals surface area contributed by atoms with Crippen LogP contribution >= 0.6 is 0 Å². The van der Waals surface area contributed by atoms with Crippen molar-refractivity contribution >= 4 is 12.0 Å². The largest absolute Gasteiger partial charge is 0.494 e. The van der Waals surface area contributed by atoms with Gasteiger partial charge >= 0.3 is 0 Å². The predicted molar refractivity (Wildman–Crippen MR) is 89.6 cm³/mol. The Bertz CT molecular complexity index is 680. The summed E-state index contributed by atoms with van der Waals surface area (Å²) in [6, 6.07) is 13.6. The van der Waals surface area contributed by atoms with Gasteiger partial charge in [-0.1, -0.05) is 24.3 Å². The fourth-order valence-electron chi connectivity index (χ4n) is 2.15. The molecular weight excluding hydrogens is 293 g/mol. The van der Waals surface area contributed by atoms with Gasteiger partial charge < -0.3 is 10.1 Å². The summed E-state index contributed by atoms with van der Waals surface area (Å²) in [6.07, 6.45) is 2.99. The van der Waals surface area contributed by atoms with E-state index >= 15 is 0 Å². The van der Waals surface area contributed by atoms with Crippen LogP contribution in [0.2, 0.25) is 0 Å². The molecule has 4 heteroatoms. The second kappa shape index (κ2) is 8.13. The van der Waals surface area contributed by atoms with Gasteiger partial charge in [0.2, 0.25) is 5.91 Å². The standard InChI is InChI=1S/C19H20FNO2/c1-3-23-18-10-8-16(9-11-18)14(2)21-19(22)12-7-15-5-4-6-17(20)13-15/h4-14H,3H2,1-2H3,(H,21,22)/b12-7+. The molecule has 2 aromatic carbocycles. The number of carbonyl (C=O) groups excluding carboxylic acids is 1. The van der Waals surface area contributed by atoms with Crippen LogP contribution in [0.5, 0.6) is 5.75 Å². The highest BCUT2D eigenvalue weighted by molar-refractivity contribution is 5.91. The van der Waals surface area contributed by atoms with Crippen molar-refractivity contribution in [2.45, 2.75) is 19.9 Å². The maximum absolute atomic E-state index is 13.1. The Kier molecular flexibility index (Phi) is 5.92. The second-order valence-corrected chi connectivity index (χ2v) is 5.12. The van der Waals surface area contributed by atoms with Gasteiger partial charge in [0.15, 0.2) is 0 Å². The number of amides is 1. The molecule has 120 valence electrons. The highest BCUT2D eigenvalue weighted by Crippen LogP contribution is 2.17. The van der Waals surface area contributed by atoms with Crippen LogP contribution in [-0.4, -0.2) is 12.5 Å². The third-order valence-corrected chi connectivity index (χ3v) is 3.33. The van der Waals surface area contributed by atoms with E-state index in [0.29, 0.717) is 12.2 Å². The van der Waals surface area contributed by atoms with Crippen molar-refractivity contribution in [3.8, 4) is 5.75 Å². The lowest BCUT2D eigenvalue weighted by Gasteiger charge is -2.13. The molecule has 0 fully saturated rings. The first-order chi connectivity index (χ1) is 11.1. The van der Waals surface area contributed by atoms with Crippen molar-refractivity contribution in [2.75, 3.05) is 6.61 Å². The molecule has 0 aliphatic heterocycles. The number of hydrogen-bond donors (Lipinski definition) is 1. The first kappa shape index (κ1) is 16.7. The molecule has 3 nitrogen and oxygen atoms in total. The number of halogens is 1. The Morgan fingerprint density at radius 3 is 2.65 bits per heavy atom. The maximum atomic E-state index is 13.1. The van der Waals surface area contributed by atoms with E-state index < -0.39 is 0 Å². The maximum Gasteiger partial charge on any atom is 0.244 e. The van der Waals surface area contributed by atoms with Crippen LogP contribution < -0.4 is 10.1 Å². The summed E-state index contributed by atoms with van der Waals surface area (Å²) in [4.78, 5) is 11.9. The molecular formula is C19H20FNO2. The van der Waals surface area contributed by atoms with Crippen LogP contribution in [-0.2, 0) is 4.79 Å². The van der Waals surface area contributed by atoms with Gasteiger partial charge in [0, 0.05) is 6.08 Å². The number of benzene rings is 2. The van der Waals surface area contributed by atoms with Crippen LogP contribution in [0.15, 0.2) is 54.6 Å². The normalized spacial score (nSPS) is 12.1. The van der Waals surface area contributed by atoms with Gasteiger partial charge in [0.25, 0.3) is 0 Å². The molecule has 1 atom stereocenters. The molecule has 0 bridgehead atoms. The van der Waals surface area contributed by atoms with Gasteiger partial charge in [-0.3, -0.25) is 4.79 Å². The minimum atomic E-state index is -0.324. The van der Waals surface area contributed by atoms with Crippen LogP contribution in [0.1, 0.15) is 31.0 Å². The number of ether oxygens (including phenoxy) is 1. The molecule has 0 aliphatic rings. The lowest BCUT2D eigenvalue weighted by molar-refractivity contribution is -0.117. The van der Waals surface area contributed by atoms with Gasteiger partial charge in [-0.2, -0.15) is 0 Å². The number of carbonyl (C=O) groups is 1. The van der Waals surface area contributed by atoms with Gasteiger partial charge in [0.05, 0.1) is 12.6 Å². The van der Waals surface area contributed by atoms with Crippen molar-refractivity contribution in [3.05, 3.63) is 71.6 Å². The van der Waals surface area contributed by atoms with Crippen LogP contribution in [0.25, 0.3) is 6.08 Å². The Hall–Kier alpha value is -2.62. The van der Waals surface area contributed by atoms with E-state index in [2.05, 4.69) is 5.32 Å². The lowest BCUT2D eigenvalue weighted by atomic mass is 10.1. The third kappa shape index (κ3) is 5.25. The van der Waals surface area contributed by atoms with E-state index in [9.17, 15) is 9.18 Å². The van der Waals surface area contributed by atoms with Crippen LogP contribution in [0.3, 0.4) is 0 Å². The molecule has 0 saturated carbocycles. The number of nitrogens with one attached hydrogen (secondary N) is 1. The summed E-state index contributed by atoms with van der Waals surface area (Å²) < 4.78 is 18.5. The summed E-state index contributed by atoms with van der Waals surface area (Å²) in [5.74, 6) is 0.256. The summed E-state index contributed by atoms with van der Waals surface area (Å²) >= 11 is 0. The monoisotopic (exact) mass is 313 g/mol. The van der Waals surface area contributed by atoms with Crippen molar-refractivity contribution in [1.82, 2.24) is 5.32 Å². The van der Waals surface area contributed by atoms with Crippen molar-refractivity contribution in [3.63, 3.8) is 0 Å². The van der Waals surface area contributed by atoms with E-state index in [-0.39, 0.29) is 17.8 Å². The van der Waals surface area contributed by atoms with E-state index in [0.717, 1.165) is 11.3 Å². The molecule has 0 saturated heterocycles. The minimum Gasteiger partial charge on any atom is -0.494 e. The lowest BCUT2D eigenvalue weighted by Crippen LogP contribution is -2.24. The molecule has 2 rings (SSSR count). The highest BCUT2D eigenvalue weighted by Gasteiger charge is 2.07. The first-order valence-corrected chi connectivity index (χ1v) is 7.55. The van der Waals surface area contributed by atoms with Crippen LogP contribution in [0.4, 0.5) is 4.39 Å². The zero-order chi connectivity index (χ0) is 16.7. The molecule has 0 aliphatic carbocycles. The fourth-order valence-corrected chi connectivity index (χ4v) is 2.15. The molecule has 1 amide bonds. The van der Waals surface area contributed by atoms with E-state index in [1.54, 1.807) is 18.2 Å². The van der Waals surface area contributed by atoms with E-state index in [1.807, 2.05) is 38.1 Å². The summed E-state index contributed by atoms with van der Waals surface area (Å²) in [5, 5.41) is 2.87. The smallest absolute Gasteiger partial charge is 0.244 e. The summed E-state index contributed by atoms with van der Waals surface area (Å²) in [6.45, 7) is 4.46. The van der Waals surface area contributed by atoms with Crippen LogP contribution in [0, 0.1) is 5.82 Å². The fraction of sp³-hybridized carbons (Fsp3) is 0.211.